The third-order valence-corrected chi connectivity index (χ3v) is 5.66. The highest BCUT2D eigenvalue weighted by Gasteiger charge is 2.42. The molecule has 1 heterocycles. The minimum absolute atomic E-state index is 0.0477. The van der Waals surface area contributed by atoms with Crippen LogP contribution < -0.4 is 5.32 Å². The standard InChI is InChI=1S/C17H30N4O/c1-12(2)15(17(11-22)8-4-5-9-17)18-10-14-19-20-16(21(14)3)13-6-7-13/h12-13,15,18,22H,4-11H2,1-3H3. The first kappa shape index (κ1) is 15.9. The number of aromatic nitrogens is 3. The Labute approximate surface area is 133 Å². The predicted octanol–water partition coefficient (Wildman–Crippen LogP) is 2.36. The average molecular weight is 306 g/mol. The summed E-state index contributed by atoms with van der Waals surface area (Å²) in [5, 5.41) is 22.4. The van der Waals surface area contributed by atoms with Gasteiger partial charge in [0.15, 0.2) is 0 Å². The van der Waals surface area contributed by atoms with Crippen molar-refractivity contribution in [1.82, 2.24) is 20.1 Å². The van der Waals surface area contributed by atoms with Gasteiger partial charge in [0.2, 0.25) is 0 Å². The van der Waals surface area contributed by atoms with Crippen molar-refractivity contribution in [2.75, 3.05) is 6.61 Å². The van der Waals surface area contributed by atoms with Crippen LogP contribution in [0.2, 0.25) is 0 Å². The number of aliphatic hydroxyl groups excluding tert-OH is 1. The van der Waals surface area contributed by atoms with Crippen LogP contribution in [-0.4, -0.2) is 32.5 Å². The lowest BCUT2D eigenvalue weighted by atomic mass is 9.74. The molecule has 0 radical (unpaired) electrons. The van der Waals surface area contributed by atoms with Gasteiger partial charge >= 0.3 is 0 Å². The molecule has 0 spiro atoms. The Bertz CT molecular complexity index is 501. The fourth-order valence-electron chi connectivity index (χ4n) is 4.23. The summed E-state index contributed by atoms with van der Waals surface area (Å²) in [6, 6.07) is 0.334. The van der Waals surface area contributed by atoms with E-state index in [9.17, 15) is 5.11 Å². The number of hydrogen-bond acceptors (Lipinski definition) is 4. The van der Waals surface area contributed by atoms with Crippen LogP contribution in [0.5, 0.6) is 0 Å². The van der Waals surface area contributed by atoms with Crippen LogP contribution in [0.15, 0.2) is 0 Å². The molecule has 0 bridgehead atoms. The van der Waals surface area contributed by atoms with E-state index < -0.39 is 0 Å². The van der Waals surface area contributed by atoms with Gasteiger partial charge in [0.25, 0.3) is 0 Å². The van der Waals surface area contributed by atoms with Crippen molar-refractivity contribution in [3.63, 3.8) is 0 Å². The summed E-state index contributed by atoms with van der Waals surface area (Å²) in [7, 11) is 2.08. The molecule has 1 atom stereocenters. The first-order chi connectivity index (χ1) is 10.6. The SMILES string of the molecule is CC(C)C(NCc1nnc(C2CC2)n1C)C1(CO)CCCC1. The summed E-state index contributed by atoms with van der Waals surface area (Å²) in [6.07, 6.45) is 7.24. The molecule has 1 aromatic heterocycles. The van der Waals surface area contributed by atoms with Crippen molar-refractivity contribution in [3.05, 3.63) is 11.6 Å². The van der Waals surface area contributed by atoms with Gasteiger partial charge in [-0.3, -0.25) is 0 Å². The fraction of sp³-hybridized carbons (Fsp3) is 0.882. The molecule has 124 valence electrons. The van der Waals surface area contributed by atoms with Crippen molar-refractivity contribution in [1.29, 1.82) is 0 Å². The normalized spacial score (nSPS) is 22.4. The zero-order valence-electron chi connectivity index (χ0n) is 14.2. The van der Waals surface area contributed by atoms with E-state index in [0.717, 1.165) is 31.0 Å². The van der Waals surface area contributed by atoms with E-state index in [0.29, 0.717) is 17.9 Å². The maximum atomic E-state index is 10.00. The molecule has 0 amide bonds. The summed E-state index contributed by atoms with van der Waals surface area (Å²) in [5.74, 6) is 3.28. The lowest BCUT2D eigenvalue weighted by Gasteiger charge is -2.39. The smallest absolute Gasteiger partial charge is 0.146 e. The minimum Gasteiger partial charge on any atom is -0.396 e. The first-order valence-electron chi connectivity index (χ1n) is 8.80. The Balaban J connectivity index is 1.69. The largest absolute Gasteiger partial charge is 0.396 e. The van der Waals surface area contributed by atoms with E-state index in [1.165, 1.54) is 25.7 Å². The van der Waals surface area contributed by atoms with Crippen LogP contribution in [0.3, 0.4) is 0 Å². The molecule has 0 aromatic carbocycles. The number of aliphatic hydroxyl groups is 1. The van der Waals surface area contributed by atoms with Gasteiger partial charge in [-0.25, -0.2) is 0 Å². The topological polar surface area (TPSA) is 63.0 Å². The van der Waals surface area contributed by atoms with Gasteiger partial charge in [-0.15, -0.1) is 10.2 Å². The van der Waals surface area contributed by atoms with Gasteiger partial charge in [0.05, 0.1) is 13.2 Å². The second-order valence-electron chi connectivity index (χ2n) is 7.64. The van der Waals surface area contributed by atoms with E-state index in [1.54, 1.807) is 0 Å². The molecule has 5 heteroatoms. The minimum atomic E-state index is 0.0477. The number of nitrogens with one attached hydrogen (secondary N) is 1. The molecule has 1 unspecified atom stereocenters. The van der Waals surface area contributed by atoms with E-state index in [4.69, 9.17) is 0 Å². The maximum absolute atomic E-state index is 10.00. The maximum Gasteiger partial charge on any atom is 0.146 e. The number of rotatable bonds is 7. The van der Waals surface area contributed by atoms with Gasteiger partial charge in [-0.05, 0) is 31.6 Å². The predicted molar refractivity (Wildman–Crippen MR) is 86.4 cm³/mol. The number of nitrogens with zero attached hydrogens (tertiary/aromatic N) is 3. The van der Waals surface area contributed by atoms with Crippen molar-refractivity contribution in [3.8, 4) is 0 Å². The van der Waals surface area contributed by atoms with Gasteiger partial charge in [0, 0.05) is 24.4 Å². The van der Waals surface area contributed by atoms with Gasteiger partial charge < -0.3 is 15.0 Å². The summed E-state index contributed by atoms with van der Waals surface area (Å²) < 4.78 is 2.16. The number of hydrogen-bond donors (Lipinski definition) is 2. The van der Waals surface area contributed by atoms with Crippen molar-refractivity contribution < 1.29 is 5.11 Å². The zero-order chi connectivity index (χ0) is 15.7. The molecular weight excluding hydrogens is 276 g/mol. The second kappa shape index (κ2) is 6.28. The van der Waals surface area contributed by atoms with Crippen molar-refractivity contribution in [2.24, 2.45) is 18.4 Å². The fourth-order valence-corrected chi connectivity index (χ4v) is 4.23. The van der Waals surface area contributed by atoms with Crippen molar-refractivity contribution in [2.45, 2.75) is 70.9 Å². The Morgan fingerprint density at radius 2 is 1.95 bits per heavy atom. The van der Waals surface area contributed by atoms with Crippen LogP contribution in [0.4, 0.5) is 0 Å². The van der Waals surface area contributed by atoms with Crippen LogP contribution in [0.25, 0.3) is 0 Å². The van der Waals surface area contributed by atoms with Crippen LogP contribution in [-0.2, 0) is 13.6 Å². The summed E-state index contributed by atoms with van der Waals surface area (Å²) in [5.41, 5.74) is 0.0477. The Kier molecular flexibility index (Phi) is 4.55. The Morgan fingerprint density at radius 1 is 1.27 bits per heavy atom. The molecule has 2 aliphatic carbocycles. The van der Waals surface area contributed by atoms with Crippen LogP contribution in [0.1, 0.15) is 69.9 Å². The summed E-state index contributed by atoms with van der Waals surface area (Å²) in [6.45, 7) is 5.52. The lowest BCUT2D eigenvalue weighted by Crippen LogP contribution is -2.49. The van der Waals surface area contributed by atoms with E-state index in [1.807, 2.05) is 0 Å². The van der Waals surface area contributed by atoms with Gasteiger partial charge in [-0.1, -0.05) is 26.7 Å². The monoisotopic (exact) mass is 306 g/mol. The van der Waals surface area contributed by atoms with Gasteiger partial charge in [-0.2, -0.15) is 0 Å². The van der Waals surface area contributed by atoms with Crippen LogP contribution >= 0.6 is 0 Å². The highest BCUT2D eigenvalue weighted by atomic mass is 16.3. The van der Waals surface area contributed by atoms with Gasteiger partial charge in [0.1, 0.15) is 11.6 Å². The summed E-state index contributed by atoms with van der Waals surface area (Å²) in [4.78, 5) is 0. The Morgan fingerprint density at radius 3 is 2.50 bits per heavy atom. The lowest BCUT2D eigenvalue weighted by molar-refractivity contribution is 0.0645. The van der Waals surface area contributed by atoms with Crippen LogP contribution in [0, 0.1) is 11.3 Å². The Hall–Kier alpha value is -0.940. The molecule has 1 aromatic rings. The molecule has 3 rings (SSSR count). The molecule has 2 aliphatic rings. The first-order valence-corrected chi connectivity index (χ1v) is 8.80. The highest BCUT2D eigenvalue weighted by molar-refractivity contribution is 5.08. The quantitative estimate of drug-likeness (QED) is 0.812. The molecular formula is C17H30N4O. The van der Waals surface area contributed by atoms with E-state index >= 15 is 0 Å². The molecule has 2 N–H and O–H groups in total. The molecule has 2 fully saturated rings. The molecule has 2 saturated carbocycles. The molecule has 22 heavy (non-hydrogen) atoms. The molecule has 0 aliphatic heterocycles. The van der Waals surface area contributed by atoms with E-state index in [-0.39, 0.29) is 12.0 Å². The zero-order valence-corrected chi connectivity index (χ0v) is 14.2. The summed E-state index contributed by atoms with van der Waals surface area (Å²) >= 11 is 0. The second-order valence-corrected chi connectivity index (χ2v) is 7.64. The third-order valence-electron chi connectivity index (χ3n) is 5.66. The third kappa shape index (κ3) is 2.93. The average Bonchev–Trinajstić information content (AvgIpc) is 3.11. The highest BCUT2D eigenvalue weighted by Crippen LogP contribution is 2.43. The molecule has 5 nitrogen and oxygen atoms in total. The van der Waals surface area contributed by atoms with Crippen molar-refractivity contribution >= 4 is 0 Å². The molecule has 0 saturated heterocycles. The van der Waals surface area contributed by atoms with E-state index in [2.05, 4.69) is 41.0 Å².